The smallest absolute Gasteiger partial charge is 0.549 e. The fourth-order valence-corrected chi connectivity index (χ4v) is 9.54. The van der Waals surface area contributed by atoms with Crippen LogP contribution in [-0.4, -0.2) is 205 Å². The van der Waals surface area contributed by atoms with E-state index in [-0.39, 0.29) is 61.5 Å². The zero-order chi connectivity index (χ0) is 57.9. The van der Waals surface area contributed by atoms with Gasteiger partial charge < -0.3 is 95.3 Å². The molecule has 14 atom stereocenters. The zero-order valence-electron chi connectivity index (χ0n) is 43.6. The van der Waals surface area contributed by atoms with Crippen LogP contribution in [0.3, 0.4) is 0 Å². The van der Waals surface area contributed by atoms with E-state index in [1.807, 2.05) is 41.3 Å². The number of carbonyl (C=O) groups excluding carboxylic acids is 2. The summed E-state index contributed by atoms with van der Waals surface area (Å²) in [5, 5.41) is 108. The minimum Gasteiger partial charge on any atom is -0.549 e. The number of aliphatic carboxylic acids is 5. The summed E-state index contributed by atoms with van der Waals surface area (Å²) in [6.45, 7) is 4.52. The molecule has 25 nitrogen and oxygen atoms in total. The number of aliphatic hydroxyl groups is 6. The molecule has 5 aliphatic heterocycles. The minimum atomic E-state index is -2.74. The fourth-order valence-electron chi connectivity index (χ4n) is 8.49. The molecule has 5 heterocycles. The Balaban J connectivity index is 0.000000416. The molecule has 79 heavy (non-hydrogen) atoms. The van der Waals surface area contributed by atoms with Crippen LogP contribution in [0.1, 0.15) is 64.4 Å². The maximum Gasteiger partial charge on any atom is 1.00 e. The summed E-state index contributed by atoms with van der Waals surface area (Å²) in [4.78, 5) is 69.3. The molecule has 4 saturated heterocycles. The summed E-state index contributed by atoms with van der Waals surface area (Å²) in [5.74, 6) is -10.9. The van der Waals surface area contributed by atoms with Gasteiger partial charge >= 0.3 is 59.4 Å². The minimum absolute atomic E-state index is 0. The first kappa shape index (κ1) is 68.8. The molecular formula is C51H68N3NaO22S2. The van der Waals surface area contributed by atoms with Crippen LogP contribution < -0.4 is 40.4 Å². The molecule has 1 aromatic carbocycles. The monoisotopic (exact) mass is 1160 g/mol. The predicted molar refractivity (Wildman–Crippen MR) is 276 cm³/mol. The Morgan fingerprint density at radius 2 is 1.52 bits per heavy atom. The van der Waals surface area contributed by atoms with E-state index in [0.29, 0.717) is 25.5 Å². The molecule has 432 valence electrons. The van der Waals surface area contributed by atoms with E-state index in [1.165, 1.54) is 23.9 Å². The van der Waals surface area contributed by atoms with E-state index in [0.717, 1.165) is 9.88 Å². The van der Waals surface area contributed by atoms with Crippen LogP contribution in [0, 0.1) is 5.92 Å². The number of ether oxygens (including phenoxy) is 5. The van der Waals surface area contributed by atoms with E-state index in [4.69, 9.17) is 62.1 Å². The fraction of sp³-hybridized carbons (Fsp3) is 0.549. The molecule has 4 fully saturated rings. The van der Waals surface area contributed by atoms with E-state index < -0.39 is 140 Å². The van der Waals surface area contributed by atoms with Gasteiger partial charge in [-0.05, 0) is 25.5 Å². The van der Waals surface area contributed by atoms with Crippen molar-refractivity contribution in [2.45, 2.75) is 150 Å². The van der Waals surface area contributed by atoms with Gasteiger partial charge in [0.15, 0.2) is 17.7 Å². The Morgan fingerprint density at radius 3 is 2.13 bits per heavy atom. The number of rotatable bonds is 12. The summed E-state index contributed by atoms with van der Waals surface area (Å²) < 4.78 is 29.3. The van der Waals surface area contributed by atoms with Gasteiger partial charge in [0.05, 0.1) is 80.1 Å². The number of esters is 1. The van der Waals surface area contributed by atoms with E-state index in [1.54, 1.807) is 61.3 Å². The van der Waals surface area contributed by atoms with Gasteiger partial charge in [0, 0.05) is 51.3 Å². The van der Waals surface area contributed by atoms with Crippen molar-refractivity contribution in [2.24, 2.45) is 11.7 Å². The van der Waals surface area contributed by atoms with Crippen LogP contribution in [0.2, 0.25) is 0 Å². The number of benzene rings is 1. The quantitative estimate of drug-likeness (QED) is 0.0416. The van der Waals surface area contributed by atoms with Gasteiger partial charge in [-0.2, -0.15) is 0 Å². The molecule has 1 aromatic rings. The maximum atomic E-state index is 12.3. The van der Waals surface area contributed by atoms with Gasteiger partial charge in [0.25, 0.3) is 0 Å². The molecule has 28 heteroatoms. The van der Waals surface area contributed by atoms with Crippen molar-refractivity contribution in [2.75, 3.05) is 19.1 Å². The predicted octanol–water partition coefficient (Wildman–Crippen LogP) is -3.64. The van der Waals surface area contributed by atoms with Crippen LogP contribution in [0.5, 0.6) is 0 Å². The molecule has 0 unspecified atom stereocenters. The van der Waals surface area contributed by atoms with Crippen molar-refractivity contribution in [1.29, 1.82) is 0 Å². The number of nitrogens with two attached hydrogens (primary N) is 1. The molecule has 0 spiro atoms. The number of hydrogen-bond donors (Lipinski definition) is 11. The molecule has 2 bridgehead atoms. The van der Waals surface area contributed by atoms with Crippen LogP contribution >= 0.6 is 24.0 Å². The molecule has 6 rings (SSSR count). The standard InChI is InChI=1S/C33H47NO13.C12H14N2O2S2.C6H8O7.Na/c1-18-10-8-6-4-3-5-7-9-11-21(45-32-30(39)28(34)29(38)19(2)44-32)15-25-27(31(40)41)22(36)17-33(42,47-25)16-20(35)14-24-23(46-24)12-13-26(37)43-18;15-11(16)7-13-8-14(12(17)18-9-13)6-10-4-2-1-3-5-10;7-3(8)1-6(13,5(11)12)2-4(9)10;/h3-9,11-13,18-25,27-30,32,35-36,38-39,42H,10,14-17,34H2,1-2H3,(H,40,41);1-5H,6-9H2,(H,15,16);13H,1-2H2,(H,7,8)(H,9,10)(H,11,12);/q;;;+1/p-1/b4-3+,7-5+,8-6+,11-9+,13-12+;;;/t18-,19-,20+,21+,22+,23-,24-,25+,27-,28+,29-,30+,32+,33-;;;/m1.../s1. The molecule has 0 aromatic heterocycles. The third-order valence-corrected chi connectivity index (χ3v) is 14.0. The Labute approximate surface area is 486 Å². The average molecular weight is 1160 g/mol. The number of hydrogen-bond acceptors (Lipinski definition) is 22. The number of aliphatic hydroxyl groups excluding tert-OH is 4. The number of carbonyl (C=O) groups is 6. The first-order valence-electron chi connectivity index (χ1n) is 24.6. The van der Waals surface area contributed by atoms with Crippen molar-refractivity contribution in [3.8, 4) is 0 Å². The molecule has 0 amide bonds. The second-order valence-electron chi connectivity index (χ2n) is 19.1. The van der Waals surface area contributed by atoms with Crippen molar-refractivity contribution in [3.05, 3.63) is 96.7 Å². The number of thiocarbonyl (C=S) groups is 1. The largest absolute Gasteiger partial charge is 1.00 e. The summed E-state index contributed by atoms with van der Waals surface area (Å²) >= 11 is 6.78. The van der Waals surface area contributed by atoms with E-state index >= 15 is 0 Å². The van der Waals surface area contributed by atoms with Gasteiger partial charge in [-0.3, -0.25) is 19.3 Å². The third kappa shape index (κ3) is 23.5. The third-order valence-electron chi connectivity index (χ3n) is 12.4. The number of thioether (sulfide) groups is 1. The topological polar surface area (TPSA) is 410 Å². The first-order valence-corrected chi connectivity index (χ1v) is 26.0. The zero-order valence-corrected chi connectivity index (χ0v) is 47.2. The van der Waals surface area contributed by atoms with Crippen LogP contribution in [0.15, 0.2) is 91.1 Å². The molecular weight excluding hydrogens is 1090 g/mol. The number of carboxylic acids is 5. The number of epoxide rings is 1. The van der Waals surface area contributed by atoms with Crippen LogP contribution in [0.4, 0.5) is 0 Å². The molecule has 12 N–H and O–H groups in total. The number of fused-ring (bicyclic) bond motifs is 3. The normalized spacial score (nSPS) is 33.7. The Bertz CT molecular complexity index is 2350. The maximum absolute atomic E-state index is 12.3. The van der Waals surface area contributed by atoms with Gasteiger partial charge in [0.2, 0.25) is 0 Å². The van der Waals surface area contributed by atoms with Crippen LogP contribution in [0.25, 0.3) is 0 Å². The molecule has 0 radical (unpaired) electrons. The second kappa shape index (κ2) is 32.8. The number of nitrogens with zero attached hydrogens (tertiary/aromatic N) is 2. The molecule has 0 saturated carbocycles. The van der Waals surface area contributed by atoms with Crippen molar-refractivity contribution < 1.29 is 138 Å². The molecule has 0 aliphatic carbocycles. The second-order valence-corrected chi connectivity index (χ2v) is 20.7. The van der Waals surface area contributed by atoms with E-state index in [9.17, 15) is 64.5 Å². The molecule has 5 aliphatic rings. The van der Waals surface area contributed by atoms with Gasteiger partial charge in [-0.15, -0.1) is 0 Å². The Morgan fingerprint density at radius 1 is 0.886 bits per heavy atom. The van der Waals surface area contributed by atoms with Crippen LogP contribution in [-0.2, 0) is 59.0 Å². The first-order chi connectivity index (χ1) is 36.7. The number of carboxylic acid groups (broad SMARTS) is 5. The summed E-state index contributed by atoms with van der Waals surface area (Å²) in [5.41, 5.74) is 4.40. The Kier molecular flexibility index (Phi) is 28.6. The van der Waals surface area contributed by atoms with Gasteiger partial charge in [-0.1, -0.05) is 103 Å². The summed E-state index contributed by atoms with van der Waals surface area (Å²) in [6.07, 6.45) is 2.97. The summed E-state index contributed by atoms with van der Waals surface area (Å²) in [7, 11) is 0. The average Bonchev–Trinajstić information content (AvgIpc) is 4.08. The SMILES string of the molecule is C[C@@H]1C/C=C/C=C/C=C/C=C/[C@H](O[C@@H]2O[C@H](C)[C@@H](O)[C@H](N)[C@@H]2O)C[C@@H]2O[C@](O)(C[C@@H](O)C[C@H]3O[C@@H]3/C=C/C(=O)O1)C[C@H](O)[C@H]2C(=O)O.O=C(O)CC(O)(CC(=O)O)C(=O)O.O=C([O-])CN1CSC(=S)N(Cc2ccccc2)C1.[Na+]. The Hall–Kier alpha value is -4.50. The summed E-state index contributed by atoms with van der Waals surface area (Å²) in [6, 6.07) is 8.92. The van der Waals surface area contributed by atoms with Gasteiger partial charge in [0.1, 0.15) is 28.6 Å². The van der Waals surface area contributed by atoms with Gasteiger partial charge in [-0.25, -0.2) is 9.59 Å². The number of allylic oxidation sites excluding steroid dienone is 6. The van der Waals surface area contributed by atoms with E-state index in [2.05, 4.69) is 0 Å². The van der Waals surface area contributed by atoms with Crippen molar-refractivity contribution in [3.63, 3.8) is 0 Å². The number of cyclic esters (lactones) is 1. The van der Waals surface area contributed by atoms with Crippen molar-refractivity contribution in [1.82, 2.24) is 9.80 Å². The van der Waals surface area contributed by atoms with Crippen molar-refractivity contribution >= 4 is 64.1 Å².